The van der Waals surface area contributed by atoms with Crippen molar-refractivity contribution in [3.63, 3.8) is 0 Å². The van der Waals surface area contributed by atoms with Crippen molar-refractivity contribution in [1.82, 2.24) is 5.32 Å². The normalized spacial score (nSPS) is 17.1. The number of carbonyl (C=O) groups excluding carboxylic acids is 1. The Balaban J connectivity index is 1.88. The number of carbonyl (C=O) groups is 1. The van der Waals surface area contributed by atoms with Crippen LogP contribution in [0.1, 0.15) is 6.92 Å². The van der Waals surface area contributed by atoms with Gasteiger partial charge in [0.15, 0.2) is 0 Å². The van der Waals surface area contributed by atoms with Gasteiger partial charge in [-0.25, -0.2) is 4.39 Å². The molecule has 0 aliphatic carbocycles. The van der Waals surface area contributed by atoms with Gasteiger partial charge in [-0.05, 0) is 25.1 Å². The molecule has 98 valence electrons. The van der Waals surface area contributed by atoms with E-state index < -0.39 is 5.82 Å². The Labute approximate surface area is 109 Å². The molecule has 1 aliphatic heterocycles. The first-order valence-electron chi connectivity index (χ1n) is 5.58. The third-order valence-corrected chi connectivity index (χ3v) is 3.08. The third-order valence-electron chi connectivity index (χ3n) is 2.75. The van der Waals surface area contributed by atoms with Crippen LogP contribution in [-0.4, -0.2) is 31.2 Å². The molecule has 2 N–H and O–H groups in total. The summed E-state index contributed by atoms with van der Waals surface area (Å²) >= 11 is 5.84. The minimum Gasteiger partial charge on any atom is -0.363 e. The zero-order valence-electron chi connectivity index (χ0n) is 9.93. The van der Waals surface area contributed by atoms with Gasteiger partial charge in [-0.1, -0.05) is 11.6 Å². The fraction of sp³-hybridized carbons (Fsp3) is 0.417. The molecular formula is C12H14ClFN2O2. The van der Waals surface area contributed by atoms with Gasteiger partial charge in [0.1, 0.15) is 12.4 Å². The monoisotopic (exact) mass is 272 g/mol. The predicted octanol–water partition coefficient (Wildman–Crippen LogP) is 1.80. The van der Waals surface area contributed by atoms with Gasteiger partial charge in [0.25, 0.3) is 0 Å². The second kappa shape index (κ2) is 5.22. The Morgan fingerprint density at radius 2 is 2.33 bits per heavy atom. The first-order valence-corrected chi connectivity index (χ1v) is 5.96. The van der Waals surface area contributed by atoms with Crippen molar-refractivity contribution >= 4 is 23.2 Å². The van der Waals surface area contributed by atoms with E-state index in [9.17, 15) is 9.18 Å². The fourth-order valence-electron chi connectivity index (χ4n) is 1.60. The molecular weight excluding hydrogens is 259 g/mol. The molecule has 1 aromatic carbocycles. The summed E-state index contributed by atoms with van der Waals surface area (Å²) in [5.74, 6) is -0.804. The van der Waals surface area contributed by atoms with Crippen LogP contribution < -0.4 is 10.6 Å². The Morgan fingerprint density at radius 1 is 1.61 bits per heavy atom. The van der Waals surface area contributed by atoms with Crippen molar-refractivity contribution < 1.29 is 13.9 Å². The largest absolute Gasteiger partial charge is 0.363 e. The number of benzene rings is 1. The van der Waals surface area contributed by atoms with Crippen LogP contribution in [0, 0.1) is 5.82 Å². The molecule has 1 amide bonds. The van der Waals surface area contributed by atoms with Gasteiger partial charge >= 0.3 is 0 Å². The molecule has 2 rings (SSSR count). The summed E-state index contributed by atoms with van der Waals surface area (Å²) in [4.78, 5) is 11.6. The predicted molar refractivity (Wildman–Crippen MR) is 67.3 cm³/mol. The Hall–Kier alpha value is -1.17. The maximum absolute atomic E-state index is 13.0. The SMILES string of the molecule is CC1(OCC(=O)Nc2cc(F)ccc2Cl)CNC1. The molecule has 0 aromatic heterocycles. The van der Waals surface area contributed by atoms with Crippen LogP contribution in [0.4, 0.5) is 10.1 Å². The van der Waals surface area contributed by atoms with Gasteiger partial charge in [0, 0.05) is 13.1 Å². The van der Waals surface area contributed by atoms with Crippen molar-refractivity contribution in [3.8, 4) is 0 Å². The van der Waals surface area contributed by atoms with Crippen molar-refractivity contribution in [2.24, 2.45) is 0 Å². The number of anilines is 1. The molecule has 0 spiro atoms. The first-order chi connectivity index (χ1) is 8.48. The van der Waals surface area contributed by atoms with Crippen molar-refractivity contribution in [1.29, 1.82) is 0 Å². The summed E-state index contributed by atoms with van der Waals surface area (Å²) in [6.07, 6.45) is 0. The van der Waals surface area contributed by atoms with E-state index in [0.29, 0.717) is 5.02 Å². The lowest BCUT2D eigenvalue weighted by atomic mass is 10.0. The van der Waals surface area contributed by atoms with Gasteiger partial charge in [0.05, 0.1) is 16.3 Å². The van der Waals surface area contributed by atoms with Crippen LogP contribution in [0.3, 0.4) is 0 Å². The summed E-state index contributed by atoms with van der Waals surface area (Å²) in [6.45, 7) is 3.29. The van der Waals surface area contributed by atoms with Crippen LogP contribution >= 0.6 is 11.6 Å². The standard InChI is InChI=1S/C12H14ClFN2O2/c1-12(6-15-7-12)18-5-11(17)16-10-4-8(14)2-3-9(10)13/h2-4,15H,5-7H2,1H3,(H,16,17). The molecule has 0 atom stereocenters. The molecule has 0 radical (unpaired) electrons. The second-order valence-corrected chi connectivity index (χ2v) is 4.92. The van der Waals surface area contributed by atoms with Gasteiger partial charge in [-0.2, -0.15) is 0 Å². The van der Waals surface area contributed by atoms with E-state index in [4.69, 9.17) is 16.3 Å². The molecule has 0 bridgehead atoms. The number of amides is 1. The number of hydrogen-bond acceptors (Lipinski definition) is 3. The van der Waals surface area contributed by atoms with Crippen LogP contribution in [0.2, 0.25) is 5.02 Å². The lowest BCUT2D eigenvalue weighted by molar-refractivity contribution is -0.130. The highest BCUT2D eigenvalue weighted by molar-refractivity contribution is 6.33. The molecule has 6 heteroatoms. The number of hydrogen-bond donors (Lipinski definition) is 2. The number of nitrogens with one attached hydrogen (secondary N) is 2. The van der Waals surface area contributed by atoms with E-state index >= 15 is 0 Å². The molecule has 1 heterocycles. The summed E-state index contributed by atoms with van der Waals surface area (Å²) in [5.41, 5.74) is -0.0366. The Kier molecular flexibility index (Phi) is 3.85. The highest BCUT2D eigenvalue weighted by atomic mass is 35.5. The molecule has 0 unspecified atom stereocenters. The van der Waals surface area contributed by atoms with E-state index in [0.717, 1.165) is 13.1 Å². The molecule has 0 saturated carbocycles. The highest BCUT2D eigenvalue weighted by Gasteiger charge is 2.33. The van der Waals surface area contributed by atoms with E-state index in [2.05, 4.69) is 10.6 Å². The topological polar surface area (TPSA) is 50.4 Å². The van der Waals surface area contributed by atoms with Gasteiger partial charge in [-0.3, -0.25) is 4.79 Å². The van der Waals surface area contributed by atoms with Crippen molar-refractivity contribution in [2.75, 3.05) is 25.0 Å². The minimum atomic E-state index is -0.453. The zero-order valence-corrected chi connectivity index (χ0v) is 10.7. The average molecular weight is 273 g/mol. The maximum atomic E-state index is 13.0. The summed E-state index contributed by atoms with van der Waals surface area (Å²) in [7, 11) is 0. The number of rotatable bonds is 4. The van der Waals surface area contributed by atoms with Crippen molar-refractivity contribution in [2.45, 2.75) is 12.5 Å². The molecule has 1 aromatic rings. The Bertz CT molecular complexity index is 463. The van der Waals surface area contributed by atoms with E-state index in [1.807, 2.05) is 6.92 Å². The van der Waals surface area contributed by atoms with Crippen LogP contribution in [0.25, 0.3) is 0 Å². The smallest absolute Gasteiger partial charge is 0.250 e. The van der Waals surface area contributed by atoms with Crippen LogP contribution in [0.5, 0.6) is 0 Å². The van der Waals surface area contributed by atoms with Crippen LogP contribution in [0.15, 0.2) is 18.2 Å². The van der Waals surface area contributed by atoms with E-state index in [1.54, 1.807) is 0 Å². The molecule has 1 aliphatic rings. The zero-order chi connectivity index (χ0) is 13.2. The number of ether oxygens (including phenoxy) is 1. The van der Waals surface area contributed by atoms with E-state index in [1.165, 1.54) is 18.2 Å². The number of halogens is 2. The van der Waals surface area contributed by atoms with Gasteiger partial charge in [0.2, 0.25) is 5.91 Å². The average Bonchev–Trinajstić information content (AvgIpc) is 2.29. The summed E-state index contributed by atoms with van der Waals surface area (Å²) in [6, 6.07) is 3.80. The molecule has 4 nitrogen and oxygen atoms in total. The lowest BCUT2D eigenvalue weighted by Crippen LogP contribution is -2.59. The summed E-state index contributed by atoms with van der Waals surface area (Å²) in [5, 5.41) is 5.87. The Morgan fingerprint density at radius 3 is 2.94 bits per heavy atom. The molecule has 18 heavy (non-hydrogen) atoms. The highest BCUT2D eigenvalue weighted by Crippen LogP contribution is 2.22. The lowest BCUT2D eigenvalue weighted by Gasteiger charge is -2.38. The first kappa shape index (κ1) is 13.3. The van der Waals surface area contributed by atoms with Gasteiger partial charge in [-0.15, -0.1) is 0 Å². The molecule has 1 fully saturated rings. The molecule has 1 saturated heterocycles. The van der Waals surface area contributed by atoms with Gasteiger partial charge < -0.3 is 15.4 Å². The second-order valence-electron chi connectivity index (χ2n) is 4.51. The third kappa shape index (κ3) is 3.19. The fourth-order valence-corrected chi connectivity index (χ4v) is 1.76. The van der Waals surface area contributed by atoms with Crippen LogP contribution in [-0.2, 0) is 9.53 Å². The minimum absolute atomic E-state index is 0.0784. The van der Waals surface area contributed by atoms with Crippen molar-refractivity contribution in [3.05, 3.63) is 29.0 Å². The maximum Gasteiger partial charge on any atom is 0.250 e. The summed E-state index contributed by atoms with van der Waals surface area (Å²) < 4.78 is 18.4. The quantitative estimate of drug-likeness (QED) is 0.879. The van der Waals surface area contributed by atoms with E-state index in [-0.39, 0.29) is 23.8 Å².